The number of nitrogens with one attached hydrogen (secondary N) is 1. The van der Waals surface area contributed by atoms with Crippen molar-refractivity contribution in [1.29, 1.82) is 0 Å². The summed E-state index contributed by atoms with van der Waals surface area (Å²) in [7, 11) is 1.62. The van der Waals surface area contributed by atoms with Gasteiger partial charge in [0, 0.05) is 18.4 Å². The van der Waals surface area contributed by atoms with Crippen LogP contribution < -0.4 is 10.2 Å². The van der Waals surface area contributed by atoms with Crippen molar-refractivity contribution in [3.63, 3.8) is 0 Å². The molecular weight excluding hydrogens is 259 g/mol. The van der Waals surface area contributed by atoms with Crippen LogP contribution in [0.25, 0.3) is 0 Å². The van der Waals surface area contributed by atoms with Gasteiger partial charge in [0.15, 0.2) is 0 Å². The Kier molecular flexibility index (Phi) is 3.89. The smallest absolute Gasteiger partial charge is 0.326 e. The van der Waals surface area contributed by atoms with E-state index in [1.807, 2.05) is 0 Å². The van der Waals surface area contributed by atoms with Crippen LogP contribution in [-0.4, -0.2) is 18.2 Å². The average Bonchev–Trinajstić information content (AvgIpc) is 2.40. The van der Waals surface area contributed by atoms with Gasteiger partial charge in [-0.3, -0.25) is 4.90 Å². The number of benzene rings is 2. The number of aryl methyl sites for hydroxylation is 1. The molecule has 0 radical (unpaired) electrons. The van der Waals surface area contributed by atoms with Gasteiger partial charge in [0.2, 0.25) is 0 Å². The second kappa shape index (κ2) is 5.61. The molecule has 2 aromatic carbocycles. The van der Waals surface area contributed by atoms with Crippen LogP contribution in [0.2, 0.25) is 0 Å². The number of urea groups is 1. The van der Waals surface area contributed by atoms with Crippen molar-refractivity contribution >= 4 is 17.4 Å². The van der Waals surface area contributed by atoms with Crippen LogP contribution in [0.15, 0.2) is 42.5 Å². The number of hydrogen-bond donors (Lipinski definition) is 2. The molecule has 0 fully saturated rings. The van der Waals surface area contributed by atoms with Crippen molar-refractivity contribution < 1.29 is 14.3 Å². The van der Waals surface area contributed by atoms with E-state index >= 15 is 0 Å². The summed E-state index contributed by atoms with van der Waals surface area (Å²) in [6, 6.07) is 9.96. The van der Waals surface area contributed by atoms with Crippen molar-refractivity contribution in [2.45, 2.75) is 6.92 Å². The zero-order valence-corrected chi connectivity index (χ0v) is 11.2. The molecule has 0 aromatic heterocycles. The van der Waals surface area contributed by atoms with E-state index < -0.39 is 0 Å². The summed E-state index contributed by atoms with van der Waals surface area (Å²) in [6.45, 7) is 1.80. The van der Waals surface area contributed by atoms with E-state index in [2.05, 4.69) is 5.32 Å². The second-order valence-corrected chi connectivity index (χ2v) is 4.47. The van der Waals surface area contributed by atoms with Crippen molar-refractivity contribution in [3.05, 3.63) is 53.8 Å². The Morgan fingerprint density at radius 3 is 2.45 bits per heavy atom. The molecule has 20 heavy (non-hydrogen) atoms. The average molecular weight is 274 g/mol. The summed E-state index contributed by atoms with van der Waals surface area (Å²) < 4.78 is 12.8. The number of rotatable bonds is 2. The quantitative estimate of drug-likeness (QED) is 0.880. The van der Waals surface area contributed by atoms with Gasteiger partial charge in [-0.1, -0.05) is 0 Å². The number of carbonyl (C=O) groups excluding carboxylic acids is 1. The Bertz CT molecular complexity index is 626. The predicted molar refractivity (Wildman–Crippen MR) is 76.7 cm³/mol. The molecule has 0 saturated heterocycles. The second-order valence-electron chi connectivity index (χ2n) is 4.47. The fraction of sp³-hybridized carbons (Fsp3) is 0.133. The number of halogens is 1. The molecule has 2 aromatic rings. The van der Waals surface area contributed by atoms with E-state index in [1.54, 1.807) is 26.1 Å². The van der Waals surface area contributed by atoms with Gasteiger partial charge in [0.25, 0.3) is 0 Å². The van der Waals surface area contributed by atoms with Gasteiger partial charge in [0.1, 0.15) is 11.6 Å². The lowest BCUT2D eigenvalue weighted by Crippen LogP contribution is -2.31. The number of amides is 2. The van der Waals surface area contributed by atoms with Crippen LogP contribution >= 0.6 is 0 Å². The summed E-state index contributed by atoms with van der Waals surface area (Å²) >= 11 is 0. The molecule has 0 saturated carbocycles. The minimum atomic E-state index is -0.356. The molecular formula is C15H15FN2O2. The monoisotopic (exact) mass is 274 g/mol. The van der Waals surface area contributed by atoms with Gasteiger partial charge in [-0.15, -0.1) is 0 Å². The van der Waals surface area contributed by atoms with Crippen LogP contribution in [0.1, 0.15) is 5.56 Å². The topological polar surface area (TPSA) is 52.6 Å². The predicted octanol–water partition coefficient (Wildman–Crippen LogP) is 3.51. The first-order valence-corrected chi connectivity index (χ1v) is 6.07. The van der Waals surface area contributed by atoms with Crippen molar-refractivity contribution in [2.75, 3.05) is 17.3 Å². The van der Waals surface area contributed by atoms with E-state index in [-0.39, 0.29) is 17.6 Å². The minimum Gasteiger partial charge on any atom is -0.508 e. The molecule has 0 unspecified atom stereocenters. The lowest BCUT2D eigenvalue weighted by molar-refractivity contribution is 0.258. The maximum absolute atomic E-state index is 12.8. The Hall–Kier alpha value is -2.56. The maximum atomic E-state index is 12.8. The molecule has 0 aliphatic heterocycles. The highest BCUT2D eigenvalue weighted by atomic mass is 19.1. The summed E-state index contributed by atoms with van der Waals surface area (Å²) in [5, 5.41) is 12.0. The molecule has 0 aliphatic rings. The van der Waals surface area contributed by atoms with E-state index in [4.69, 9.17) is 0 Å². The van der Waals surface area contributed by atoms with Crippen LogP contribution in [-0.2, 0) is 0 Å². The zero-order chi connectivity index (χ0) is 14.7. The minimum absolute atomic E-state index is 0.151. The highest BCUT2D eigenvalue weighted by molar-refractivity contribution is 6.01. The third-order valence-corrected chi connectivity index (χ3v) is 2.94. The molecule has 0 atom stereocenters. The van der Waals surface area contributed by atoms with Gasteiger partial charge in [0.05, 0.1) is 0 Å². The number of hydrogen-bond acceptors (Lipinski definition) is 2. The Morgan fingerprint density at radius 2 is 1.85 bits per heavy atom. The van der Waals surface area contributed by atoms with E-state index in [0.717, 1.165) is 5.56 Å². The summed E-state index contributed by atoms with van der Waals surface area (Å²) in [4.78, 5) is 13.5. The standard InChI is InChI=1S/C15H15FN2O2/c1-10-9-13(19)7-8-14(10)18(2)15(20)17-12-5-3-11(16)4-6-12/h3-9,19H,1-2H3,(H,17,20). The first-order valence-electron chi connectivity index (χ1n) is 6.07. The lowest BCUT2D eigenvalue weighted by atomic mass is 10.2. The molecule has 2 amide bonds. The van der Waals surface area contributed by atoms with E-state index in [1.165, 1.54) is 35.2 Å². The molecule has 0 heterocycles. The van der Waals surface area contributed by atoms with Gasteiger partial charge in [-0.05, 0) is 55.0 Å². The molecule has 5 heteroatoms. The molecule has 2 N–H and O–H groups in total. The van der Waals surface area contributed by atoms with Crippen LogP contribution in [0.5, 0.6) is 5.75 Å². The van der Waals surface area contributed by atoms with Crippen LogP contribution in [0.3, 0.4) is 0 Å². The van der Waals surface area contributed by atoms with Crippen LogP contribution in [0, 0.1) is 12.7 Å². The van der Waals surface area contributed by atoms with E-state index in [0.29, 0.717) is 11.4 Å². The third kappa shape index (κ3) is 3.06. The number of nitrogens with zero attached hydrogens (tertiary/aromatic N) is 1. The highest BCUT2D eigenvalue weighted by Gasteiger charge is 2.13. The molecule has 0 aliphatic carbocycles. The van der Waals surface area contributed by atoms with E-state index in [9.17, 15) is 14.3 Å². The number of carbonyl (C=O) groups is 1. The first kappa shape index (κ1) is 13.9. The Labute approximate surface area is 116 Å². The molecule has 4 nitrogen and oxygen atoms in total. The number of aromatic hydroxyl groups is 1. The summed E-state index contributed by atoms with van der Waals surface area (Å²) in [6.07, 6.45) is 0. The summed E-state index contributed by atoms with van der Waals surface area (Å²) in [5.74, 6) is -0.204. The van der Waals surface area contributed by atoms with Crippen LogP contribution in [0.4, 0.5) is 20.6 Å². The van der Waals surface area contributed by atoms with Gasteiger partial charge in [-0.25, -0.2) is 9.18 Å². The van der Waals surface area contributed by atoms with Crippen molar-refractivity contribution in [1.82, 2.24) is 0 Å². The zero-order valence-electron chi connectivity index (χ0n) is 11.2. The normalized spacial score (nSPS) is 10.2. The van der Waals surface area contributed by atoms with Crippen molar-refractivity contribution in [2.24, 2.45) is 0 Å². The Balaban J connectivity index is 2.14. The maximum Gasteiger partial charge on any atom is 0.326 e. The number of phenolic OH excluding ortho intramolecular Hbond substituents is 1. The van der Waals surface area contributed by atoms with Gasteiger partial charge >= 0.3 is 6.03 Å². The SMILES string of the molecule is Cc1cc(O)ccc1N(C)C(=O)Nc1ccc(F)cc1. The molecule has 0 spiro atoms. The number of phenols is 1. The Morgan fingerprint density at radius 1 is 1.20 bits per heavy atom. The highest BCUT2D eigenvalue weighted by Crippen LogP contribution is 2.23. The molecule has 2 rings (SSSR count). The third-order valence-electron chi connectivity index (χ3n) is 2.94. The fourth-order valence-corrected chi connectivity index (χ4v) is 1.87. The first-order chi connectivity index (χ1) is 9.47. The fourth-order valence-electron chi connectivity index (χ4n) is 1.87. The van der Waals surface area contributed by atoms with Gasteiger partial charge < -0.3 is 10.4 Å². The van der Waals surface area contributed by atoms with Gasteiger partial charge in [-0.2, -0.15) is 0 Å². The summed E-state index contributed by atoms with van der Waals surface area (Å²) in [5.41, 5.74) is 1.98. The molecule has 0 bridgehead atoms. The molecule has 104 valence electrons. The number of anilines is 2. The lowest BCUT2D eigenvalue weighted by Gasteiger charge is -2.20. The van der Waals surface area contributed by atoms with Crippen molar-refractivity contribution in [3.8, 4) is 5.75 Å². The largest absolute Gasteiger partial charge is 0.508 e.